The summed E-state index contributed by atoms with van der Waals surface area (Å²) in [5.74, 6) is 1.03. The van der Waals surface area contributed by atoms with Crippen LogP contribution in [0.4, 0.5) is 0 Å². The van der Waals surface area contributed by atoms with Crippen molar-refractivity contribution in [2.24, 2.45) is 0 Å². The van der Waals surface area contributed by atoms with Crippen molar-refractivity contribution < 1.29 is 0 Å². The Kier molecular flexibility index (Phi) is 2.36. The third-order valence-electron chi connectivity index (χ3n) is 3.02. The number of nitrogens with one attached hydrogen (secondary N) is 2. The molecule has 0 amide bonds. The van der Waals surface area contributed by atoms with Gasteiger partial charge in [0.05, 0.1) is 5.52 Å². The van der Waals surface area contributed by atoms with E-state index in [2.05, 4.69) is 27.2 Å². The molecule has 0 bridgehead atoms. The molecule has 1 aliphatic rings. The maximum Gasteiger partial charge on any atom is 0.177 e. The molecular formula is C12H16N4. The summed E-state index contributed by atoms with van der Waals surface area (Å²) in [6, 6.07) is 2.77. The van der Waals surface area contributed by atoms with E-state index in [0.717, 1.165) is 36.0 Å². The highest BCUT2D eigenvalue weighted by Gasteiger charge is 2.19. The molecule has 2 aromatic rings. The number of aryl methyl sites for hydroxylation is 1. The van der Waals surface area contributed by atoms with Crippen molar-refractivity contribution in [3.63, 3.8) is 0 Å². The van der Waals surface area contributed by atoms with Crippen molar-refractivity contribution in [2.75, 3.05) is 6.54 Å². The fraction of sp³-hybridized carbons (Fsp3) is 0.500. The molecule has 1 aliphatic carbocycles. The second-order valence-electron chi connectivity index (χ2n) is 4.49. The first-order chi connectivity index (χ1) is 7.83. The molecule has 3 rings (SSSR count). The lowest BCUT2D eigenvalue weighted by Crippen LogP contribution is -2.19. The van der Waals surface area contributed by atoms with Gasteiger partial charge in [0.15, 0.2) is 5.65 Å². The maximum absolute atomic E-state index is 4.48. The van der Waals surface area contributed by atoms with Gasteiger partial charge in [-0.2, -0.15) is 0 Å². The molecule has 2 heterocycles. The number of imidazole rings is 1. The summed E-state index contributed by atoms with van der Waals surface area (Å²) in [7, 11) is 0. The lowest BCUT2D eigenvalue weighted by Gasteiger charge is -1.98. The van der Waals surface area contributed by atoms with E-state index in [-0.39, 0.29) is 0 Å². The Bertz CT molecular complexity index is 499. The molecule has 2 aromatic heterocycles. The highest BCUT2D eigenvalue weighted by atomic mass is 15.0. The van der Waals surface area contributed by atoms with Crippen LogP contribution in [-0.4, -0.2) is 27.5 Å². The molecule has 4 nitrogen and oxygen atoms in total. The molecule has 0 unspecified atom stereocenters. The highest BCUT2D eigenvalue weighted by molar-refractivity contribution is 5.74. The number of nitrogens with zero attached hydrogens (tertiary/aromatic N) is 2. The van der Waals surface area contributed by atoms with Crippen LogP contribution in [0.2, 0.25) is 0 Å². The molecule has 0 saturated heterocycles. The standard InChI is InChI=1S/C12H16N4/c1-8-4-6-14-12-11(8)15-10(16-12)5-7-13-9-2-3-9/h4,6,9,13H,2-3,5,7H2,1H3,(H,14,15,16). The maximum atomic E-state index is 4.48. The minimum atomic E-state index is 0.768. The molecule has 0 radical (unpaired) electrons. The monoisotopic (exact) mass is 216 g/mol. The number of pyridine rings is 1. The normalized spacial score (nSPS) is 15.8. The van der Waals surface area contributed by atoms with Crippen molar-refractivity contribution in [3.8, 4) is 0 Å². The first-order valence-corrected chi connectivity index (χ1v) is 5.86. The first kappa shape index (κ1) is 9.78. The molecular weight excluding hydrogens is 200 g/mol. The van der Waals surface area contributed by atoms with E-state index in [1.807, 2.05) is 12.3 Å². The number of hydrogen-bond donors (Lipinski definition) is 2. The van der Waals surface area contributed by atoms with Crippen molar-refractivity contribution in [2.45, 2.75) is 32.2 Å². The largest absolute Gasteiger partial charge is 0.340 e. The van der Waals surface area contributed by atoms with Crippen LogP contribution < -0.4 is 5.32 Å². The molecule has 0 spiro atoms. The van der Waals surface area contributed by atoms with Gasteiger partial charge in [0.1, 0.15) is 5.82 Å². The van der Waals surface area contributed by atoms with Gasteiger partial charge in [-0.25, -0.2) is 9.97 Å². The first-order valence-electron chi connectivity index (χ1n) is 5.86. The van der Waals surface area contributed by atoms with Gasteiger partial charge >= 0.3 is 0 Å². The predicted octanol–water partition coefficient (Wildman–Crippen LogP) is 1.56. The van der Waals surface area contributed by atoms with E-state index in [9.17, 15) is 0 Å². The summed E-state index contributed by atoms with van der Waals surface area (Å²) in [5, 5.41) is 3.48. The number of aromatic amines is 1. The number of fused-ring (bicyclic) bond motifs is 1. The lowest BCUT2D eigenvalue weighted by molar-refractivity contribution is 0.670. The molecule has 16 heavy (non-hydrogen) atoms. The van der Waals surface area contributed by atoms with E-state index >= 15 is 0 Å². The molecule has 0 aromatic carbocycles. The number of aromatic nitrogens is 3. The fourth-order valence-corrected chi connectivity index (χ4v) is 1.88. The minimum Gasteiger partial charge on any atom is -0.340 e. The third-order valence-corrected chi connectivity index (χ3v) is 3.02. The van der Waals surface area contributed by atoms with Gasteiger partial charge in [-0.15, -0.1) is 0 Å². The number of hydrogen-bond acceptors (Lipinski definition) is 3. The van der Waals surface area contributed by atoms with Crippen molar-refractivity contribution in [1.29, 1.82) is 0 Å². The van der Waals surface area contributed by atoms with Crippen LogP contribution in [0.15, 0.2) is 12.3 Å². The van der Waals surface area contributed by atoms with Gasteiger partial charge in [-0.05, 0) is 31.4 Å². The molecule has 4 heteroatoms. The molecule has 1 saturated carbocycles. The molecule has 0 aliphatic heterocycles. The highest BCUT2D eigenvalue weighted by Crippen LogP contribution is 2.18. The van der Waals surface area contributed by atoms with Crippen LogP contribution in [0.1, 0.15) is 24.2 Å². The Balaban J connectivity index is 1.73. The zero-order valence-electron chi connectivity index (χ0n) is 9.45. The van der Waals surface area contributed by atoms with Crippen LogP contribution in [0.5, 0.6) is 0 Å². The van der Waals surface area contributed by atoms with Crippen molar-refractivity contribution in [3.05, 3.63) is 23.7 Å². The average Bonchev–Trinajstić information content (AvgIpc) is 2.98. The average molecular weight is 216 g/mol. The lowest BCUT2D eigenvalue weighted by atomic mass is 10.3. The fourth-order valence-electron chi connectivity index (χ4n) is 1.88. The quantitative estimate of drug-likeness (QED) is 0.815. The van der Waals surface area contributed by atoms with E-state index in [1.165, 1.54) is 18.4 Å². The van der Waals surface area contributed by atoms with E-state index in [0.29, 0.717) is 0 Å². The second kappa shape index (κ2) is 3.87. The molecule has 84 valence electrons. The summed E-state index contributed by atoms with van der Waals surface area (Å²) >= 11 is 0. The Morgan fingerprint density at radius 2 is 2.38 bits per heavy atom. The second-order valence-corrected chi connectivity index (χ2v) is 4.49. The van der Waals surface area contributed by atoms with E-state index in [1.54, 1.807) is 0 Å². The predicted molar refractivity (Wildman–Crippen MR) is 63.4 cm³/mol. The van der Waals surface area contributed by atoms with Gasteiger partial charge in [0.2, 0.25) is 0 Å². The SMILES string of the molecule is Cc1ccnc2nc(CCNC3CC3)[nH]c12. The Morgan fingerprint density at radius 3 is 3.12 bits per heavy atom. The topological polar surface area (TPSA) is 53.6 Å². The molecule has 2 N–H and O–H groups in total. The smallest absolute Gasteiger partial charge is 0.177 e. The molecule has 1 fully saturated rings. The molecule has 0 atom stereocenters. The van der Waals surface area contributed by atoms with Gasteiger partial charge in [-0.3, -0.25) is 0 Å². The number of rotatable bonds is 4. The Hall–Kier alpha value is -1.42. The van der Waals surface area contributed by atoms with Crippen LogP contribution >= 0.6 is 0 Å². The minimum absolute atomic E-state index is 0.768. The zero-order valence-corrected chi connectivity index (χ0v) is 9.45. The summed E-state index contributed by atoms with van der Waals surface area (Å²) in [5.41, 5.74) is 3.12. The van der Waals surface area contributed by atoms with E-state index < -0.39 is 0 Å². The van der Waals surface area contributed by atoms with Crippen LogP contribution in [0.25, 0.3) is 11.2 Å². The van der Waals surface area contributed by atoms with Gasteiger partial charge in [-0.1, -0.05) is 0 Å². The zero-order chi connectivity index (χ0) is 11.0. The van der Waals surface area contributed by atoms with Crippen molar-refractivity contribution >= 4 is 11.2 Å². The van der Waals surface area contributed by atoms with Gasteiger partial charge < -0.3 is 10.3 Å². The third kappa shape index (κ3) is 1.93. The Morgan fingerprint density at radius 1 is 1.50 bits per heavy atom. The Labute approximate surface area is 94.5 Å². The van der Waals surface area contributed by atoms with Crippen LogP contribution in [0.3, 0.4) is 0 Å². The van der Waals surface area contributed by atoms with Gasteiger partial charge in [0, 0.05) is 25.2 Å². The van der Waals surface area contributed by atoms with Crippen LogP contribution in [-0.2, 0) is 6.42 Å². The number of H-pyrrole nitrogens is 1. The summed E-state index contributed by atoms with van der Waals surface area (Å²) in [4.78, 5) is 12.1. The van der Waals surface area contributed by atoms with Crippen LogP contribution in [0, 0.1) is 6.92 Å². The van der Waals surface area contributed by atoms with Crippen molar-refractivity contribution in [1.82, 2.24) is 20.3 Å². The van der Waals surface area contributed by atoms with Gasteiger partial charge in [0.25, 0.3) is 0 Å². The summed E-state index contributed by atoms with van der Waals surface area (Å²) in [6.45, 7) is 3.08. The summed E-state index contributed by atoms with van der Waals surface area (Å²) in [6.07, 6.45) is 5.43. The van der Waals surface area contributed by atoms with E-state index in [4.69, 9.17) is 0 Å². The summed E-state index contributed by atoms with van der Waals surface area (Å²) < 4.78 is 0.